The Balaban J connectivity index is 1.74. The lowest BCUT2D eigenvalue weighted by Gasteiger charge is -2.26. The van der Waals surface area contributed by atoms with Crippen molar-refractivity contribution in [3.05, 3.63) is 39.1 Å². The van der Waals surface area contributed by atoms with Crippen molar-refractivity contribution < 1.29 is 9.47 Å². The summed E-state index contributed by atoms with van der Waals surface area (Å²) < 4.78 is 12.6. The summed E-state index contributed by atoms with van der Waals surface area (Å²) in [5, 5.41) is 13.0. The molecule has 3 N–H and O–H groups in total. The van der Waals surface area contributed by atoms with Crippen molar-refractivity contribution in [3.63, 3.8) is 0 Å². The Labute approximate surface area is 172 Å². The van der Waals surface area contributed by atoms with Crippen molar-refractivity contribution in [2.45, 2.75) is 25.2 Å². The highest BCUT2D eigenvalue weighted by Gasteiger charge is 2.31. The number of nitrogens with two attached hydrogens (primary N) is 1. The molecule has 0 spiro atoms. The first-order chi connectivity index (χ1) is 13.5. The van der Waals surface area contributed by atoms with Crippen LogP contribution in [0, 0.1) is 0 Å². The van der Waals surface area contributed by atoms with Gasteiger partial charge >= 0.3 is 0 Å². The average Bonchev–Trinajstić information content (AvgIpc) is 3.24. The van der Waals surface area contributed by atoms with E-state index in [9.17, 15) is 0 Å². The minimum atomic E-state index is 0.119. The topological polar surface area (TPSA) is 91.0 Å². The van der Waals surface area contributed by atoms with Crippen molar-refractivity contribution in [3.8, 4) is 22.9 Å². The van der Waals surface area contributed by atoms with Gasteiger partial charge in [0.05, 0.1) is 36.1 Å². The molecule has 9 heteroatoms. The van der Waals surface area contributed by atoms with Crippen LogP contribution in [-0.4, -0.2) is 34.2 Å². The number of aromatic nitrogens is 4. The smallest absolute Gasteiger partial charge is 0.141 e. The molecule has 1 unspecified atom stereocenters. The summed E-state index contributed by atoms with van der Waals surface area (Å²) in [6.07, 6.45) is 4.07. The summed E-state index contributed by atoms with van der Waals surface area (Å²) in [5.74, 6) is 1.22. The second-order valence-corrected chi connectivity index (χ2v) is 7.62. The molecule has 0 saturated carbocycles. The number of aromatic amines is 1. The normalized spacial score (nSPS) is 16.1. The molecule has 4 rings (SSSR count). The molecule has 0 radical (unpaired) electrons. The first-order valence-corrected chi connectivity index (χ1v) is 9.65. The van der Waals surface area contributed by atoms with Crippen LogP contribution in [0.3, 0.4) is 0 Å². The predicted molar refractivity (Wildman–Crippen MR) is 110 cm³/mol. The number of H-pyrrole nitrogens is 1. The van der Waals surface area contributed by atoms with Crippen LogP contribution >= 0.6 is 23.2 Å². The van der Waals surface area contributed by atoms with Crippen LogP contribution in [0.15, 0.2) is 12.3 Å². The van der Waals surface area contributed by atoms with Crippen LogP contribution in [0.25, 0.3) is 11.4 Å². The van der Waals surface area contributed by atoms with Gasteiger partial charge in [0, 0.05) is 29.9 Å². The molecule has 1 aliphatic rings. The molecular formula is C19H21Cl2N5O2. The highest BCUT2D eigenvalue weighted by Crippen LogP contribution is 2.47. The minimum absolute atomic E-state index is 0.119. The molecule has 0 bridgehead atoms. The van der Waals surface area contributed by atoms with E-state index in [4.69, 9.17) is 38.4 Å². The summed E-state index contributed by atoms with van der Waals surface area (Å²) in [6, 6.07) is 1.71. The lowest BCUT2D eigenvalue weighted by molar-refractivity contribution is 0.392. The van der Waals surface area contributed by atoms with Crippen molar-refractivity contribution in [1.82, 2.24) is 20.0 Å². The molecule has 1 aliphatic carbocycles. The fraction of sp³-hybridized carbons (Fsp3) is 0.368. The summed E-state index contributed by atoms with van der Waals surface area (Å²) >= 11 is 13.2. The zero-order chi connectivity index (χ0) is 20.0. The Morgan fingerprint density at radius 1 is 1.21 bits per heavy atom. The number of nitrogens with one attached hydrogen (secondary N) is 1. The predicted octanol–water partition coefficient (Wildman–Crippen LogP) is 3.99. The third-order valence-electron chi connectivity index (χ3n) is 5.35. The number of ether oxygens (including phenoxy) is 2. The second-order valence-electron chi connectivity index (χ2n) is 6.86. The maximum atomic E-state index is 6.61. The first-order valence-electron chi connectivity index (χ1n) is 8.90. The standard InChI is InChI=1S/C19H21Cl2N5O2/c1-26-19(11(22)8-23-26)18-10-5-4-9(6-12(10)24-25-18)15-16(20)13(27-2)7-14(28-3)17(15)21/h7-9H,4-6,22H2,1-3H3,(H,24,25). The number of halogens is 2. The Morgan fingerprint density at radius 2 is 1.89 bits per heavy atom. The Hall–Kier alpha value is -2.38. The third kappa shape index (κ3) is 2.89. The number of fused-ring (bicyclic) bond motifs is 1. The van der Waals surface area contributed by atoms with Crippen molar-refractivity contribution >= 4 is 28.9 Å². The fourth-order valence-corrected chi connectivity index (χ4v) is 4.77. The number of anilines is 1. The third-order valence-corrected chi connectivity index (χ3v) is 6.13. The highest BCUT2D eigenvalue weighted by atomic mass is 35.5. The number of hydrogen-bond donors (Lipinski definition) is 2. The van der Waals surface area contributed by atoms with Crippen molar-refractivity contribution in [2.24, 2.45) is 7.05 Å². The molecule has 28 heavy (non-hydrogen) atoms. The van der Waals surface area contributed by atoms with E-state index in [2.05, 4.69) is 15.3 Å². The molecule has 1 atom stereocenters. The van der Waals surface area contributed by atoms with Crippen LogP contribution in [0.2, 0.25) is 10.0 Å². The lowest BCUT2D eigenvalue weighted by Crippen LogP contribution is -2.14. The van der Waals surface area contributed by atoms with E-state index in [0.717, 1.165) is 47.5 Å². The highest BCUT2D eigenvalue weighted by molar-refractivity contribution is 6.38. The second kappa shape index (κ2) is 7.22. The number of methoxy groups -OCH3 is 2. The summed E-state index contributed by atoms with van der Waals surface area (Å²) in [4.78, 5) is 0. The van der Waals surface area contributed by atoms with Gasteiger partial charge in [-0.3, -0.25) is 9.78 Å². The minimum Gasteiger partial charge on any atom is -0.495 e. The summed E-state index contributed by atoms with van der Waals surface area (Å²) in [7, 11) is 5.02. The van der Waals surface area contributed by atoms with Crippen LogP contribution in [-0.2, 0) is 19.9 Å². The van der Waals surface area contributed by atoms with E-state index in [-0.39, 0.29) is 5.92 Å². The molecule has 0 fully saturated rings. The average molecular weight is 422 g/mol. The molecule has 0 amide bonds. The zero-order valence-electron chi connectivity index (χ0n) is 15.8. The van der Waals surface area contributed by atoms with Gasteiger partial charge in [-0.05, 0) is 25.2 Å². The monoisotopic (exact) mass is 421 g/mol. The van der Waals surface area contributed by atoms with E-state index >= 15 is 0 Å². The zero-order valence-corrected chi connectivity index (χ0v) is 17.4. The van der Waals surface area contributed by atoms with Crippen LogP contribution in [0.1, 0.15) is 29.2 Å². The molecule has 7 nitrogen and oxygen atoms in total. The first kappa shape index (κ1) is 19.0. The van der Waals surface area contributed by atoms with E-state index in [1.165, 1.54) is 0 Å². The largest absolute Gasteiger partial charge is 0.495 e. The van der Waals surface area contributed by atoms with Gasteiger partial charge in [0.1, 0.15) is 22.9 Å². The Bertz CT molecular complexity index is 996. The molecule has 2 heterocycles. The molecule has 0 aliphatic heterocycles. The number of rotatable bonds is 4. The summed E-state index contributed by atoms with van der Waals surface area (Å²) in [5.41, 5.74) is 11.4. The van der Waals surface area contributed by atoms with Gasteiger partial charge in [-0.15, -0.1) is 0 Å². The SMILES string of the molecule is COc1cc(OC)c(Cl)c(C2CCc3c(-c4c(N)cnn4C)n[nH]c3C2)c1Cl. The number of nitrogen functional groups attached to an aromatic ring is 1. The number of benzene rings is 1. The molecular weight excluding hydrogens is 401 g/mol. The number of aryl methyl sites for hydroxylation is 1. The summed E-state index contributed by atoms with van der Waals surface area (Å²) in [6.45, 7) is 0. The fourth-order valence-electron chi connectivity index (χ4n) is 3.96. The van der Waals surface area contributed by atoms with E-state index in [1.807, 2.05) is 7.05 Å². The molecule has 3 aromatic rings. The van der Waals surface area contributed by atoms with Gasteiger partial charge in [-0.1, -0.05) is 23.2 Å². The van der Waals surface area contributed by atoms with Gasteiger partial charge in [0.25, 0.3) is 0 Å². The maximum absolute atomic E-state index is 6.61. The van der Waals surface area contributed by atoms with Crippen LogP contribution in [0.5, 0.6) is 11.5 Å². The van der Waals surface area contributed by atoms with Crippen molar-refractivity contribution in [1.29, 1.82) is 0 Å². The molecule has 148 valence electrons. The van der Waals surface area contributed by atoms with Gasteiger partial charge < -0.3 is 15.2 Å². The number of hydrogen-bond acceptors (Lipinski definition) is 5. The quantitative estimate of drug-likeness (QED) is 0.664. The molecule has 0 saturated heterocycles. The van der Waals surface area contributed by atoms with E-state index in [1.54, 1.807) is 31.2 Å². The lowest BCUT2D eigenvalue weighted by atomic mass is 9.82. The molecule has 2 aromatic heterocycles. The van der Waals surface area contributed by atoms with Gasteiger partial charge in [0.15, 0.2) is 0 Å². The maximum Gasteiger partial charge on any atom is 0.141 e. The van der Waals surface area contributed by atoms with Crippen LogP contribution in [0.4, 0.5) is 5.69 Å². The van der Waals surface area contributed by atoms with E-state index < -0.39 is 0 Å². The molecule has 1 aromatic carbocycles. The van der Waals surface area contributed by atoms with Gasteiger partial charge in [0.2, 0.25) is 0 Å². The Morgan fingerprint density at radius 3 is 2.46 bits per heavy atom. The Kier molecular flexibility index (Phi) is 4.89. The van der Waals surface area contributed by atoms with Gasteiger partial charge in [-0.25, -0.2) is 0 Å². The van der Waals surface area contributed by atoms with Crippen LogP contribution < -0.4 is 15.2 Å². The van der Waals surface area contributed by atoms with Gasteiger partial charge in [-0.2, -0.15) is 10.2 Å². The number of nitrogens with zero attached hydrogens (tertiary/aromatic N) is 3. The van der Waals surface area contributed by atoms with Crippen molar-refractivity contribution in [2.75, 3.05) is 20.0 Å². The van der Waals surface area contributed by atoms with E-state index in [0.29, 0.717) is 27.2 Å².